The number of carboxylic acid groups (broad SMARTS) is 1. The van der Waals surface area contributed by atoms with Gasteiger partial charge in [0.1, 0.15) is 5.75 Å². The minimum atomic E-state index is -0.855. The lowest BCUT2D eigenvalue weighted by molar-refractivity contribution is -0.118. The van der Waals surface area contributed by atoms with Crippen LogP contribution in [0, 0.1) is 12.8 Å². The van der Waals surface area contributed by atoms with Crippen LogP contribution in [0.4, 0.5) is 4.79 Å². The minimum Gasteiger partial charge on any atom is -0.507 e. The molecule has 0 spiro atoms. The van der Waals surface area contributed by atoms with Gasteiger partial charge in [0.05, 0.1) is 12.2 Å². The van der Waals surface area contributed by atoms with Crippen LogP contribution in [0.3, 0.4) is 0 Å². The van der Waals surface area contributed by atoms with Crippen LogP contribution in [-0.2, 0) is 20.7 Å². The van der Waals surface area contributed by atoms with E-state index in [1.165, 1.54) is 4.90 Å². The number of nitrogens with two attached hydrogens (primary N) is 3. The Balaban J connectivity index is 0.000000790. The lowest BCUT2D eigenvalue weighted by Gasteiger charge is -2.40. The molecular weight excluding hydrogens is 488 g/mol. The van der Waals surface area contributed by atoms with Crippen molar-refractivity contribution in [3.8, 4) is 5.75 Å². The number of piperidine rings is 1. The molecule has 206 valence electrons. The van der Waals surface area contributed by atoms with Crippen molar-refractivity contribution in [1.82, 2.24) is 4.90 Å². The number of primary amides is 2. The molecule has 3 rings (SSSR count). The third kappa shape index (κ3) is 10.6. The number of hydrogen-bond acceptors (Lipinski definition) is 6. The summed E-state index contributed by atoms with van der Waals surface area (Å²) in [6.07, 6.45) is 3.91. The molecule has 2 heterocycles. The van der Waals surface area contributed by atoms with Gasteiger partial charge in [0.25, 0.3) is 0 Å². The first-order chi connectivity index (χ1) is 16.5. The highest BCUT2D eigenvalue weighted by Crippen LogP contribution is 2.40. The van der Waals surface area contributed by atoms with Crippen molar-refractivity contribution < 1.29 is 29.3 Å². The third-order valence-electron chi connectivity index (χ3n) is 6.15. The molecule has 10 nitrogen and oxygen atoms in total. The van der Waals surface area contributed by atoms with E-state index < -0.39 is 6.09 Å². The van der Waals surface area contributed by atoms with Crippen molar-refractivity contribution >= 4 is 30.3 Å². The topological polar surface area (TPSA) is 182 Å². The molecule has 0 unspecified atom stereocenters. The average molecular weight is 531 g/mol. The number of fused-ring (bicyclic) bond motifs is 1. The van der Waals surface area contributed by atoms with Crippen LogP contribution in [0.1, 0.15) is 75.2 Å². The SMILES string of the molecule is CCCC(N)=O.CCCC(N)=O.Cc1ccc2c(c1O)C[C@@H](C1CCN(C(=O)O)CC1)O[C@H]2CN.Cl. The fourth-order valence-corrected chi connectivity index (χ4v) is 4.23. The van der Waals surface area contributed by atoms with Crippen molar-refractivity contribution in [2.75, 3.05) is 19.6 Å². The van der Waals surface area contributed by atoms with E-state index in [0.29, 0.717) is 50.6 Å². The minimum absolute atomic E-state index is 0. The number of benzene rings is 1. The molecule has 0 aromatic heterocycles. The molecule has 0 aliphatic carbocycles. The van der Waals surface area contributed by atoms with Gasteiger partial charge in [-0.1, -0.05) is 26.0 Å². The molecule has 1 fully saturated rings. The largest absolute Gasteiger partial charge is 0.507 e. The highest BCUT2D eigenvalue weighted by molar-refractivity contribution is 5.85. The van der Waals surface area contributed by atoms with E-state index in [2.05, 4.69) is 0 Å². The molecule has 11 heteroatoms. The number of aromatic hydroxyl groups is 1. The Kier molecular flexibility index (Phi) is 15.8. The molecule has 1 saturated heterocycles. The van der Waals surface area contributed by atoms with Crippen LogP contribution in [0.25, 0.3) is 0 Å². The second-order valence-corrected chi connectivity index (χ2v) is 8.94. The first kappa shape index (κ1) is 33.4. The Morgan fingerprint density at radius 1 is 1.06 bits per heavy atom. The number of halogens is 1. The summed E-state index contributed by atoms with van der Waals surface area (Å²) in [7, 11) is 0. The summed E-state index contributed by atoms with van der Waals surface area (Å²) in [5, 5.41) is 19.5. The number of ether oxygens (including phenoxy) is 1. The van der Waals surface area contributed by atoms with Gasteiger partial charge in [0, 0.05) is 44.5 Å². The quantitative estimate of drug-likeness (QED) is 0.374. The zero-order chi connectivity index (χ0) is 26.5. The Morgan fingerprint density at radius 2 is 1.58 bits per heavy atom. The molecule has 0 saturated carbocycles. The van der Waals surface area contributed by atoms with E-state index in [-0.39, 0.29) is 36.4 Å². The van der Waals surface area contributed by atoms with Gasteiger partial charge < -0.3 is 37.1 Å². The van der Waals surface area contributed by atoms with Gasteiger partial charge in [0.2, 0.25) is 11.8 Å². The molecule has 36 heavy (non-hydrogen) atoms. The molecular formula is C25H43ClN4O6. The highest BCUT2D eigenvalue weighted by Gasteiger charge is 2.36. The summed E-state index contributed by atoms with van der Waals surface area (Å²) in [5.41, 5.74) is 18.2. The van der Waals surface area contributed by atoms with Gasteiger partial charge in [-0.25, -0.2) is 4.79 Å². The summed E-state index contributed by atoms with van der Waals surface area (Å²) >= 11 is 0. The third-order valence-corrected chi connectivity index (χ3v) is 6.15. The van der Waals surface area contributed by atoms with Gasteiger partial charge in [-0.3, -0.25) is 9.59 Å². The fraction of sp³-hybridized carbons (Fsp3) is 0.640. The number of likely N-dealkylation sites (tertiary alicyclic amines) is 1. The summed E-state index contributed by atoms with van der Waals surface area (Å²) < 4.78 is 6.19. The Hall–Kier alpha value is -2.56. The van der Waals surface area contributed by atoms with Crippen LogP contribution in [0.15, 0.2) is 12.1 Å². The first-order valence-electron chi connectivity index (χ1n) is 12.3. The maximum absolute atomic E-state index is 11.0. The number of phenolic OH excluding ortho intramolecular Hbond substituents is 1. The Labute approximate surface area is 219 Å². The zero-order valence-electron chi connectivity index (χ0n) is 21.6. The Morgan fingerprint density at radius 3 is 1.97 bits per heavy atom. The van der Waals surface area contributed by atoms with Crippen LogP contribution >= 0.6 is 12.4 Å². The lowest BCUT2D eigenvalue weighted by Crippen LogP contribution is -2.43. The lowest BCUT2D eigenvalue weighted by atomic mass is 9.83. The number of amides is 3. The number of carbonyl (C=O) groups is 3. The van der Waals surface area contributed by atoms with Gasteiger partial charge in [-0.05, 0) is 49.7 Å². The van der Waals surface area contributed by atoms with Crippen molar-refractivity contribution in [2.24, 2.45) is 23.1 Å². The van der Waals surface area contributed by atoms with Gasteiger partial charge in [-0.2, -0.15) is 0 Å². The standard InChI is InChI=1S/C17H24N2O4.2C4H9NO.ClH/c1-10-2-3-12-13(16(10)20)8-14(23-15(12)9-18)11-4-6-19(7-5-11)17(21)22;2*1-2-3-4(5)6;/h2-3,11,14-15,20H,4-9,18H2,1H3,(H,21,22);2*2-3H2,1H3,(H2,5,6);1H/t14-,15-;;;/m0.../s1. The van der Waals surface area contributed by atoms with Crippen LogP contribution in [0.5, 0.6) is 5.75 Å². The number of carbonyl (C=O) groups excluding carboxylic acids is 2. The number of nitrogens with zero attached hydrogens (tertiary/aromatic N) is 1. The smallest absolute Gasteiger partial charge is 0.407 e. The van der Waals surface area contributed by atoms with E-state index >= 15 is 0 Å². The first-order valence-corrected chi connectivity index (χ1v) is 12.3. The second-order valence-electron chi connectivity index (χ2n) is 8.94. The van der Waals surface area contributed by atoms with Crippen LogP contribution < -0.4 is 17.2 Å². The summed E-state index contributed by atoms with van der Waals surface area (Å²) in [4.78, 5) is 32.1. The molecule has 3 amide bonds. The summed E-state index contributed by atoms with van der Waals surface area (Å²) in [6.45, 7) is 7.19. The molecule has 0 bridgehead atoms. The maximum Gasteiger partial charge on any atom is 0.407 e. The van der Waals surface area contributed by atoms with Crippen molar-refractivity contribution in [1.29, 1.82) is 0 Å². The van der Waals surface area contributed by atoms with E-state index in [4.69, 9.17) is 27.0 Å². The molecule has 2 atom stereocenters. The van der Waals surface area contributed by atoms with E-state index in [0.717, 1.165) is 42.4 Å². The number of rotatable bonds is 6. The molecule has 0 radical (unpaired) electrons. The van der Waals surface area contributed by atoms with Crippen LogP contribution in [-0.4, -0.2) is 58.8 Å². The predicted octanol–water partition coefficient (Wildman–Crippen LogP) is 3.00. The van der Waals surface area contributed by atoms with E-state index in [1.54, 1.807) is 0 Å². The molecule has 2 aliphatic heterocycles. The zero-order valence-corrected chi connectivity index (χ0v) is 22.4. The average Bonchev–Trinajstić information content (AvgIpc) is 2.81. The number of hydrogen-bond donors (Lipinski definition) is 5. The molecule has 1 aromatic rings. The maximum atomic E-state index is 11.0. The normalized spacial score (nSPS) is 18.8. The second kappa shape index (κ2) is 17.0. The number of phenols is 1. The fourth-order valence-electron chi connectivity index (χ4n) is 4.23. The van der Waals surface area contributed by atoms with Crippen LogP contribution in [0.2, 0.25) is 0 Å². The predicted molar refractivity (Wildman–Crippen MR) is 141 cm³/mol. The van der Waals surface area contributed by atoms with Crippen molar-refractivity contribution in [3.05, 3.63) is 28.8 Å². The monoisotopic (exact) mass is 530 g/mol. The van der Waals surface area contributed by atoms with Gasteiger partial charge in [0.15, 0.2) is 0 Å². The summed E-state index contributed by atoms with van der Waals surface area (Å²) in [6, 6.07) is 3.89. The Bertz CT molecular complexity index is 830. The highest BCUT2D eigenvalue weighted by atomic mass is 35.5. The van der Waals surface area contributed by atoms with Crippen molar-refractivity contribution in [2.45, 2.75) is 77.9 Å². The van der Waals surface area contributed by atoms with Gasteiger partial charge >= 0.3 is 6.09 Å². The van der Waals surface area contributed by atoms with E-state index in [9.17, 15) is 19.5 Å². The van der Waals surface area contributed by atoms with Gasteiger partial charge in [-0.15, -0.1) is 12.4 Å². The molecule has 8 N–H and O–H groups in total. The van der Waals surface area contributed by atoms with Crippen molar-refractivity contribution in [3.63, 3.8) is 0 Å². The van der Waals surface area contributed by atoms with E-state index in [1.807, 2.05) is 32.9 Å². The number of aryl methyl sites for hydroxylation is 1. The molecule has 1 aromatic carbocycles. The molecule has 2 aliphatic rings. The summed E-state index contributed by atoms with van der Waals surface area (Å²) in [5.74, 6) is 0.222.